The summed E-state index contributed by atoms with van der Waals surface area (Å²) in [5.41, 5.74) is 3.07. The molecule has 5 aromatic rings. The van der Waals surface area contributed by atoms with Gasteiger partial charge in [-0.3, -0.25) is 18.7 Å². The number of aryl methyl sites for hydroxylation is 2. The highest BCUT2D eigenvalue weighted by molar-refractivity contribution is 6.03. The molecular formula is C28H25N3O5. The summed E-state index contributed by atoms with van der Waals surface area (Å²) in [6, 6.07) is 19.9. The average molecular weight is 484 g/mol. The van der Waals surface area contributed by atoms with Crippen LogP contribution in [0.25, 0.3) is 22.1 Å². The lowest BCUT2D eigenvalue weighted by atomic mass is 10.1. The summed E-state index contributed by atoms with van der Waals surface area (Å²) >= 11 is 0. The molecule has 8 nitrogen and oxygen atoms in total. The molecule has 1 amide bonds. The van der Waals surface area contributed by atoms with Crippen LogP contribution in [0.4, 0.5) is 5.69 Å². The summed E-state index contributed by atoms with van der Waals surface area (Å²) in [6.07, 6.45) is 0. The van der Waals surface area contributed by atoms with E-state index in [1.54, 1.807) is 55.6 Å². The molecule has 0 bridgehead atoms. The first kappa shape index (κ1) is 23.2. The Hall–Kier alpha value is -4.59. The van der Waals surface area contributed by atoms with Gasteiger partial charge in [0, 0.05) is 11.1 Å². The van der Waals surface area contributed by atoms with Gasteiger partial charge >= 0.3 is 5.69 Å². The smallest absolute Gasteiger partial charge is 0.332 e. The van der Waals surface area contributed by atoms with Crippen molar-refractivity contribution in [3.05, 3.63) is 104 Å². The zero-order valence-electron chi connectivity index (χ0n) is 20.2. The predicted octanol–water partition coefficient (Wildman–Crippen LogP) is 4.22. The molecule has 0 saturated heterocycles. The molecule has 0 unspecified atom stereocenters. The van der Waals surface area contributed by atoms with E-state index in [0.29, 0.717) is 27.9 Å². The monoisotopic (exact) mass is 483 g/mol. The largest absolute Gasteiger partial charge is 0.497 e. The summed E-state index contributed by atoms with van der Waals surface area (Å²) in [4.78, 5) is 40.1. The molecule has 0 radical (unpaired) electrons. The van der Waals surface area contributed by atoms with Crippen LogP contribution in [0.1, 0.15) is 16.7 Å². The SMILES string of the molecule is COc1ccc(Cn2c(=O)c3oc4ccccc4c3n(CC(=O)Nc3cc(C)cc(C)c3)c2=O)cc1. The van der Waals surface area contributed by atoms with E-state index in [9.17, 15) is 14.4 Å². The number of aromatic nitrogens is 2. The highest BCUT2D eigenvalue weighted by Gasteiger charge is 2.21. The number of methoxy groups -OCH3 is 1. The number of fused-ring (bicyclic) bond motifs is 3. The zero-order chi connectivity index (χ0) is 25.4. The molecule has 36 heavy (non-hydrogen) atoms. The molecule has 0 fully saturated rings. The number of carbonyl (C=O) groups is 1. The van der Waals surface area contributed by atoms with Crippen LogP contribution in [0.3, 0.4) is 0 Å². The van der Waals surface area contributed by atoms with Crippen molar-refractivity contribution >= 4 is 33.7 Å². The van der Waals surface area contributed by atoms with E-state index < -0.39 is 11.2 Å². The maximum Gasteiger partial charge on any atom is 0.332 e. The fourth-order valence-corrected chi connectivity index (χ4v) is 4.49. The Morgan fingerprint density at radius 1 is 0.944 bits per heavy atom. The number of nitrogens with one attached hydrogen (secondary N) is 1. The van der Waals surface area contributed by atoms with Crippen molar-refractivity contribution in [2.45, 2.75) is 26.9 Å². The highest BCUT2D eigenvalue weighted by atomic mass is 16.5. The van der Waals surface area contributed by atoms with Crippen molar-refractivity contribution in [2.75, 3.05) is 12.4 Å². The van der Waals surface area contributed by atoms with Gasteiger partial charge in [-0.2, -0.15) is 0 Å². The van der Waals surface area contributed by atoms with E-state index in [4.69, 9.17) is 9.15 Å². The quantitative estimate of drug-likeness (QED) is 0.390. The number of rotatable bonds is 6. The number of ether oxygens (including phenoxy) is 1. The molecule has 0 aliphatic rings. The van der Waals surface area contributed by atoms with E-state index in [1.165, 1.54) is 4.57 Å². The van der Waals surface area contributed by atoms with Gasteiger partial charge in [-0.25, -0.2) is 4.79 Å². The van der Waals surface area contributed by atoms with E-state index in [1.807, 2.05) is 32.0 Å². The molecule has 3 aromatic carbocycles. The zero-order valence-corrected chi connectivity index (χ0v) is 20.2. The van der Waals surface area contributed by atoms with Crippen molar-refractivity contribution in [3.8, 4) is 5.75 Å². The van der Waals surface area contributed by atoms with Gasteiger partial charge < -0.3 is 14.5 Å². The standard InChI is InChI=1S/C28H25N3O5/c1-17-12-18(2)14-20(13-17)29-24(32)16-30-25-22-6-4-5-7-23(22)36-26(25)27(33)31(28(30)34)15-19-8-10-21(35-3)11-9-19/h4-14H,15-16H2,1-3H3,(H,29,32). The number of carbonyl (C=O) groups excluding carboxylic acids is 1. The first-order chi connectivity index (χ1) is 17.3. The molecule has 182 valence electrons. The minimum absolute atomic E-state index is 0.0212. The predicted molar refractivity (Wildman–Crippen MR) is 139 cm³/mol. The molecule has 1 N–H and O–H groups in total. The second kappa shape index (κ2) is 9.22. The van der Waals surface area contributed by atoms with Crippen LogP contribution in [0.2, 0.25) is 0 Å². The van der Waals surface area contributed by atoms with Crippen molar-refractivity contribution in [3.63, 3.8) is 0 Å². The summed E-state index contributed by atoms with van der Waals surface area (Å²) in [5.74, 6) is 0.280. The Balaban J connectivity index is 1.62. The van der Waals surface area contributed by atoms with Crippen LogP contribution in [-0.2, 0) is 17.9 Å². The average Bonchev–Trinajstić information content (AvgIpc) is 3.24. The second-order valence-electron chi connectivity index (χ2n) is 8.81. The first-order valence-corrected chi connectivity index (χ1v) is 11.5. The number of para-hydroxylation sites is 1. The Labute approximate surface area is 206 Å². The summed E-state index contributed by atoms with van der Waals surface area (Å²) in [7, 11) is 1.57. The van der Waals surface area contributed by atoms with Gasteiger partial charge in [-0.1, -0.05) is 30.3 Å². The lowest BCUT2D eigenvalue weighted by Gasteiger charge is -2.13. The lowest BCUT2D eigenvalue weighted by molar-refractivity contribution is -0.116. The number of hydrogen-bond donors (Lipinski definition) is 1. The third kappa shape index (κ3) is 4.29. The van der Waals surface area contributed by atoms with Crippen LogP contribution in [0.5, 0.6) is 5.75 Å². The molecule has 2 heterocycles. The lowest BCUT2D eigenvalue weighted by Crippen LogP contribution is -2.41. The van der Waals surface area contributed by atoms with Gasteiger partial charge in [-0.05, 0) is 66.9 Å². The fourth-order valence-electron chi connectivity index (χ4n) is 4.49. The minimum Gasteiger partial charge on any atom is -0.497 e. The summed E-state index contributed by atoms with van der Waals surface area (Å²) in [5, 5.41) is 3.47. The minimum atomic E-state index is -0.592. The molecule has 5 rings (SSSR count). The molecule has 0 saturated carbocycles. The maximum atomic E-state index is 13.6. The summed E-state index contributed by atoms with van der Waals surface area (Å²) < 4.78 is 13.5. The van der Waals surface area contributed by atoms with Crippen LogP contribution in [-0.4, -0.2) is 22.2 Å². The van der Waals surface area contributed by atoms with E-state index in [0.717, 1.165) is 21.3 Å². The Morgan fingerprint density at radius 2 is 1.64 bits per heavy atom. The van der Waals surface area contributed by atoms with Crippen molar-refractivity contribution in [1.82, 2.24) is 9.13 Å². The van der Waals surface area contributed by atoms with Gasteiger partial charge in [0.2, 0.25) is 11.5 Å². The molecule has 0 spiro atoms. The van der Waals surface area contributed by atoms with Gasteiger partial charge in [0.05, 0.1) is 13.7 Å². The molecule has 0 atom stereocenters. The van der Waals surface area contributed by atoms with E-state index in [-0.39, 0.29) is 24.6 Å². The second-order valence-corrected chi connectivity index (χ2v) is 8.81. The van der Waals surface area contributed by atoms with Crippen LogP contribution in [0, 0.1) is 13.8 Å². The van der Waals surface area contributed by atoms with Gasteiger partial charge in [-0.15, -0.1) is 0 Å². The van der Waals surface area contributed by atoms with Crippen molar-refractivity contribution in [1.29, 1.82) is 0 Å². The number of nitrogens with zero attached hydrogens (tertiary/aromatic N) is 2. The molecule has 2 aromatic heterocycles. The van der Waals surface area contributed by atoms with Crippen LogP contribution >= 0.6 is 0 Å². The van der Waals surface area contributed by atoms with Gasteiger partial charge in [0.25, 0.3) is 5.56 Å². The number of benzene rings is 3. The Bertz CT molecular complexity index is 1710. The van der Waals surface area contributed by atoms with Crippen molar-refractivity contribution in [2.24, 2.45) is 0 Å². The molecule has 8 heteroatoms. The molecule has 0 aliphatic carbocycles. The number of amides is 1. The van der Waals surface area contributed by atoms with E-state index >= 15 is 0 Å². The fraction of sp³-hybridized carbons (Fsp3) is 0.179. The highest BCUT2D eigenvalue weighted by Crippen LogP contribution is 2.26. The first-order valence-electron chi connectivity index (χ1n) is 11.5. The topological polar surface area (TPSA) is 95.5 Å². The third-order valence-corrected chi connectivity index (χ3v) is 6.05. The maximum absolute atomic E-state index is 13.6. The van der Waals surface area contributed by atoms with Crippen molar-refractivity contribution < 1.29 is 13.9 Å². The van der Waals surface area contributed by atoms with Crippen LogP contribution in [0.15, 0.2) is 80.7 Å². The van der Waals surface area contributed by atoms with Crippen LogP contribution < -0.4 is 21.3 Å². The number of anilines is 1. The molecular weight excluding hydrogens is 458 g/mol. The molecule has 0 aliphatic heterocycles. The Kier molecular flexibility index (Phi) is 5.93. The number of furan rings is 1. The van der Waals surface area contributed by atoms with E-state index in [2.05, 4.69) is 5.32 Å². The summed E-state index contributed by atoms with van der Waals surface area (Å²) in [6.45, 7) is 3.63. The van der Waals surface area contributed by atoms with Gasteiger partial charge in [0.1, 0.15) is 23.4 Å². The normalized spacial score (nSPS) is 11.2. The Morgan fingerprint density at radius 3 is 2.33 bits per heavy atom. The third-order valence-electron chi connectivity index (χ3n) is 6.05. The number of hydrogen-bond acceptors (Lipinski definition) is 5. The van der Waals surface area contributed by atoms with Gasteiger partial charge in [0.15, 0.2) is 0 Å².